The van der Waals surface area contributed by atoms with Crippen molar-refractivity contribution in [3.05, 3.63) is 16.1 Å². The Hall–Kier alpha value is 0.214. The number of hydrogen-bond acceptors (Lipinski definition) is 2. The third kappa shape index (κ3) is 1.99. The third-order valence-corrected chi connectivity index (χ3v) is 1.46. The van der Waals surface area contributed by atoms with Gasteiger partial charge in [-0.1, -0.05) is 16.8 Å². The molecule has 0 aliphatic heterocycles. The number of thiazole rings is 1. The molecule has 0 aromatic carbocycles. The van der Waals surface area contributed by atoms with Crippen molar-refractivity contribution in [3.8, 4) is 0 Å². The van der Waals surface area contributed by atoms with Gasteiger partial charge < -0.3 is 4.98 Å². The van der Waals surface area contributed by atoms with Crippen molar-refractivity contribution in [3.63, 3.8) is 0 Å². The molecule has 1 rings (SSSR count). The number of hydrogen-bond donors (Lipinski definition) is 0. The Bertz CT molecular complexity index is 145. The van der Waals surface area contributed by atoms with E-state index in [9.17, 15) is 0 Å². The molecule has 1 heterocycles. The van der Waals surface area contributed by atoms with Gasteiger partial charge >= 0.3 is 0 Å². The van der Waals surface area contributed by atoms with Crippen LogP contribution in [0.3, 0.4) is 0 Å². The summed E-state index contributed by atoms with van der Waals surface area (Å²) in [5.74, 6) is 0. The van der Waals surface area contributed by atoms with Gasteiger partial charge in [0.15, 0.2) is 0 Å². The fourth-order valence-corrected chi connectivity index (χ4v) is 1.05. The van der Waals surface area contributed by atoms with Crippen molar-refractivity contribution in [2.24, 2.45) is 0 Å². The van der Waals surface area contributed by atoms with Gasteiger partial charge in [0.2, 0.25) is 0 Å². The molecular formula is C5H6NSV-. The summed E-state index contributed by atoms with van der Waals surface area (Å²) in [6, 6.07) is 0. The smallest absolute Gasteiger partial charge is 0 e. The van der Waals surface area contributed by atoms with Crippen LogP contribution in [0.4, 0.5) is 0 Å². The van der Waals surface area contributed by atoms with E-state index in [-0.39, 0.29) is 18.6 Å². The predicted octanol–water partition coefficient (Wildman–Crippen LogP) is 1.56. The minimum atomic E-state index is 0. The van der Waals surface area contributed by atoms with E-state index in [0.29, 0.717) is 0 Å². The minimum absolute atomic E-state index is 0. The van der Waals surface area contributed by atoms with E-state index in [2.05, 4.69) is 11.2 Å². The van der Waals surface area contributed by atoms with Gasteiger partial charge in [-0.05, 0) is 6.92 Å². The van der Waals surface area contributed by atoms with Gasteiger partial charge in [-0.2, -0.15) is 0 Å². The summed E-state index contributed by atoms with van der Waals surface area (Å²) >= 11 is 1.68. The molecule has 0 N–H and O–H groups in total. The van der Waals surface area contributed by atoms with E-state index in [1.807, 2.05) is 13.8 Å². The monoisotopic (exact) mass is 163 g/mol. The maximum absolute atomic E-state index is 3.91. The van der Waals surface area contributed by atoms with E-state index >= 15 is 0 Å². The van der Waals surface area contributed by atoms with Crippen molar-refractivity contribution in [2.75, 3.05) is 0 Å². The average Bonchev–Trinajstić information content (AvgIpc) is 1.87. The molecule has 0 bridgehead atoms. The Balaban J connectivity index is 0.000000490. The van der Waals surface area contributed by atoms with Crippen LogP contribution in [0.5, 0.6) is 0 Å². The normalized spacial score (nSPS) is 8.25. The zero-order chi connectivity index (χ0) is 5.28. The quantitative estimate of drug-likeness (QED) is 0.529. The summed E-state index contributed by atoms with van der Waals surface area (Å²) in [5.41, 5.74) is 0. The SMILES string of the molecule is Cc1[c-]nc(C)s1.[V]. The van der Waals surface area contributed by atoms with Gasteiger partial charge in [0.25, 0.3) is 0 Å². The van der Waals surface area contributed by atoms with Crippen molar-refractivity contribution in [2.45, 2.75) is 13.8 Å². The number of aromatic nitrogens is 1. The Morgan fingerprint density at radius 3 is 2.25 bits per heavy atom. The molecule has 0 amide bonds. The van der Waals surface area contributed by atoms with Crippen molar-refractivity contribution in [1.29, 1.82) is 0 Å². The van der Waals surface area contributed by atoms with Gasteiger partial charge in [0.1, 0.15) is 0 Å². The van der Waals surface area contributed by atoms with E-state index in [0.717, 1.165) is 9.88 Å². The summed E-state index contributed by atoms with van der Waals surface area (Å²) in [6.45, 7) is 3.98. The van der Waals surface area contributed by atoms with E-state index in [1.165, 1.54) is 0 Å². The van der Waals surface area contributed by atoms with Crippen LogP contribution in [0.1, 0.15) is 9.88 Å². The Morgan fingerprint density at radius 1 is 1.50 bits per heavy atom. The molecule has 0 aliphatic rings. The first-order chi connectivity index (χ1) is 3.29. The summed E-state index contributed by atoms with van der Waals surface area (Å²) in [7, 11) is 0. The van der Waals surface area contributed by atoms with Crippen LogP contribution in [-0.2, 0) is 18.6 Å². The van der Waals surface area contributed by atoms with E-state index in [1.54, 1.807) is 11.3 Å². The molecule has 43 valence electrons. The molecule has 0 saturated heterocycles. The molecule has 0 aliphatic carbocycles. The van der Waals surface area contributed by atoms with Crippen LogP contribution < -0.4 is 0 Å². The standard InChI is InChI=1S/C5H6NS.V/c1-4-3-6-5(2)7-4;/h1-2H3;/q-1;. The van der Waals surface area contributed by atoms with Crippen LogP contribution >= 0.6 is 11.3 Å². The number of rotatable bonds is 0. The molecule has 0 unspecified atom stereocenters. The first-order valence-corrected chi connectivity index (χ1v) is 2.92. The molecule has 0 fully saturated rings. The topological polar surface area (TPSA) is 12.9 Å². The summed E-state index contributed by atoms with van der Waals surface area (Å²) in [5, 5.41) is 1.09. The van der Waals surface area contributed by atoms with Crippen LogP contribution in [-0.4, -0.2) is 4.98 Å². The van der Waals surface area contributed by atoms with Crippen LogP contribution in [0.2, 0.25) is 0 Å². The molecule has 0 spiro atoms. The number of nitrogens with zero attached hydrogens (tertiary/aromatic N) is 1. The first-order valence-electron chi connectivity index (χ1n) is 2.11. The molecule has 0 atom stereocenters. The second-order valence-corrected chi connectivity index (χ2v) is 2.81. The van der Waals surface area contributed by atoms with Crippen LogP contribution in [0, 0.1) is 20.0 Å². The number of aryl methyl sites for hydroxylation is 2. The first kappa shape index (κ1) is 8.21. The third-order valence-electron chi connectivity index (χ3n) is 0.672. The van der Waals surface area contributed by atoms with Crippen LogP contribution in [0.25, 0.3) is 0 Å². The van der Waals surface area contributed by atoms with Gasteiger partial charge in [0, 0.05) is 18.6 Å². The van der Waals surface area contributed by atoms with E-state index in [4.69, 9.17) is 0 Å². The molecule has 1 aromatic heterocycles. The Morgan fingerprint density at radius 2 is 2.12 bits per heavy atom. The average molecular weight is 163 g/mol. The fourth-order valence-electron chi connectivity index (χ4n) is 0.425. The van der Waals surface area contributed by atoms with Crippen molar-refractivity contribution < 1.29 is 18.6 Å². The molecule has 8 heavy (non-hydrogen) atoms. The Kier molecular flexibility index (Phi) is 3.37. The van der Waals surface area contributed by atoms with Crippen LogP contribution in [0.15, 0.2) is 0 Å². The molecule has 0 saturated carbocycles. The molecule has 1 radical (unpaired) electrons. The molecular weight excluding hydrogens is 157 g/mol. The van der Waals surface area contributed by atoms with E-state index < -0.39 is 0 Å². The van der Waals surface area contributed by atoms with Crippen molar-refractivity contribution in [1.82, 2.24) is 4.98 Å². The van der Waals surface area contributed by atoms with Gasteiger partial charge in [-0.3, -0.25) is 0 Å². The van der Waals surface area contributed by atoms with Gasteiger partial charge in [-0.15, -0.1) is 6.20 Å². The largest absolute Gasteiger partial charge is 0.446 e. The van der Waals surface area contributed by atoms with Gasteiger partial charge in [-0.25, -0.2) is 11.3 Å². The maximum Gasteiger partial charge on any atom is 0 e. The molecule has 3 heteroatoms. The van der Waals surface area contributed by atoms with Crippen molar-refractivity contribution >= 4 is 11.3 Å². The summed E-state index contributed by atoms with van der Waals surface area (Å²) in [6.07, 6.45) is 2.84. The minimum Gasteiger partial charge on any atom is -0.446 e. The molecule has 1 nitrogen and oxygen atoms in total. The summed E-state index contributed by atoms with van der Waals surface area (Å²) < 4.78 is 0. The predicted molar refractivity (Wildman–Crippen MR) is 30.4 cm³/mol. The zero-order valence-electron chi connectivity index (χ0n) is 4.80. The second-order valence-electron chi connectivity index (χ2n) is 1.40. The zero-order valence-corrected chi connectivity index (χ0v) is 7.02. The second kappa shape index (κ2) is 3.28. The summed E-state index contributed by atoms with van der Waals surface area (Å²) in [4.78, 5) is 5.07. The molecule has 1 aromatic rings. The van der Waals surface area contributed by atoms with Gasteiger partial charge in [0.05, 0.1) is 0 Å². The fraction of sp³-hybridized carbons (Fsp3) is 0.400. The maximum atomic E-state index is 3.91. The Labute approximate surface area is 65.0 Å².